The Morgan fingerprint density at radius 2 is 1.43 bits per heavy atom. The van der Waals surface area contributed by atoms with Gasteiger partial charge in [0.25, 0.3) is 26.0 Å². The standard InChI is InChI=1S/C28H26ClN3O6S2/c1-19-26(29)5-4-6-27(19)31-39(34,35)24-15-9-21(10-16-24)30-28(33)20-7-11-22(12-8-20)32(2)40(36,37)25-17-13-23(38-3)14-18-25/h4-18,31H,1-3H3,(H,30,33). The van der Waals surface area contributed by atoms with Crippen LogP contribution in [0.4, 0.5) is 17.1 Å². The average molecular weight is 600 g/mol. The van der Waals surface area contributed by atoms with E-state index in [-0.39, 0.29) is 15.4 Å². The average Bonchev–Trinajstić information content (AvgIpc) is 2.95. The maximum atomic E-state index is 13.0. The third-order valence-corrected chi connectivity index (χ3v) is 9.74. The number of ether oxygens (including phenoxy) is 1. The number of benzene rings is 4. The smallest absolute Gasteiger partial charge is 0.264 e. The number of hydrogen-bond donors (Lipinski definition) is 2. The fraction of sp³-hybridized carbons (Fsp3) is 0.107. The molecule has 1 amide bonds. The zero-order chi connectivity index (χ0) is 29.1. The van der Waals surface area contributed by atoms with Gasteiger partial charge in [0.05, 0.1) is 28.3 Å². The number of rotatable bonds is 9. The van der Waals surface area contributed by atoms with Crippen molar-refractivity contribution >= 4 is 54.6 Å². The molecule has 4 aromatic rings. The van der Waals surface area contributed by atoms with Crippen molar-refractivity contribution in [2.45, 2.75) is 16.7 Å². The molecule has 0 aromatic heterocycles. The van der Waals surface area contributed by atoms with E-state index in [9.17, 15) is 21.6 Å². The largest absolute Gasteiger partial charge is 0.497 e. The van der Waals surface area contributed by atoms with E-state index >= 15 is 0 Å². The molecule has 0 spiro atoms. The van der Waals surface area contributed by atoms with E-state index in [0.717, 1.165) is 4.31 Å². The third kappa shape index (κ3) is 6.22. The van der Waals surface area contributed by atoms with Crippen LogP contribution in [0, 0.1) is 6.92 Å². The minimum absolute atomic E-state index is 0.00957. The number of halogens is 1. The zero-order valence-electron chi connectivity index (χ0n) is 21.8. The highest BCUT2D eigenvalue weighted by atomic mass is 35.5. The van der Waals surface area contributed by atoms with Gasteiger partial charge in [0, 0.05) is 23.3 Å². The van der Waals surface area contributed by atoms with Gasteiger partial charge in [0.15, 0.2) is 0 Å². The zero-order valence-corrected chi connectivity index (χ0v) is 24.1. The highest BCUT2D eigenvalue weighted by molar-refractivity contribution is 7.93. The fourth-order valence-corrected chi connectivity index (χ4v) is 6.20. The van der Waals surface area contributed by atoms with Gasteiger partial charge in [-0.3, -0.25) is 13.8 Å². The summed E-state index contributed by atoms with van der Waals surface area (Å²) in [6, 6.07) is 22.7. The normalized spacial score (nSPS) is 11.5. The lowest BCUT2D eigenvalue weighted by Crippen LogP contribution is -2.26. The van der Waals surface area contributed by atoms with Crippen molar-refractivity contribution < 1.29 is 26.4 Å². The first-order chi connectivity index (χ1) is 18.9. The summed E-state index contributed by atoms with van der Waals surface area (Å²) >= 11 is 6.08. The lowest BCUT2D eigenvalue weighted by atomic mass is 10.2. The Morgan fingerprint density at radius 1 is 0.825 bits per heavy atom. The minimum Gasteiger partial charge on any atom is -0.497 e. The summed E-state index contributed by atoms with van der Waals surface area (Å²) in [7, 11) is -4.78. The van der Waals surface area contributed by atoms with Gasteiger partial charge in [0.2, 0.25) is 0 Å². The van der Waals surface area contributed by atoms with E-state index in [1.54, 1.807) is 37.3 Å². The molecule has 0 bridgehead atoms. The molecular formula is C28H26ClN3O6S2. The van der Waals surface area contributed by atoms with Crippen molar-refractivity contribution in [3.05, 3.63) is 107 Å². The van der Waals surface area contributed by atoms with Crippen LogP contribution in [-0.2, 0) is 20.0 Å². The lowest BCUT2D eigenvalue weighted by molar-refractivity contribution is 0.102. The molecule has 0 aliphatic carbocycles. The molecule has 0 aliphatic heterocycles. The van der Waals surface area contributed by atoms with Gasteiger partial charge in [-0.25, -0.2) is 16.8 Å². The number of methoxy groups -OCH3 is 1. The van der Waals surface area contributed by atoms with Gasteiger partial charge in [-0.2, -0.15) is 0 Å². The van der Waals surface area contributed by atoms with Gasteiger partial charge in [0.1, 0.15) is 5.75 Å². The van der Waals surface area contributed by atoms with Crippen molar-refractivity contribution in [3.63, 3.8) is 0 Å². The number of anilines is 3. The second-order valence-electron chi connectivity index (χ2n) is 8.69. The van der Waals surface area contributed by atoms with Crippen LogP contribution in [0.5, 0.6) is 5.75 Å². The predicted octanol–water partition coefficient (Wildman–Crippen LogP) is 5.54. The molecule has 0 saturated carbocycles. The van der Waals surface area contributed by atoms with E-state index in [2.05, 4.69) is 10.0 Å². The number of sulfonamides is 2. The number of amides is 1. The summed E-state index contributed by atoms with van der Waals surface area (Å²) in [6.45, 7) is 1.71. The summed E-state index contributed by atoms with van der Waals surface area (Å²) in [5.41, 5.74) is 2.01. The molecule has 4 rings (SSSR count). The van der Waals surface area contributed by atoms with E-state index < -0.39 is 26.0 Å². The maximum absolute atomic E-state index is 13.0. The van der Waals surface area contributed by atoms with Crippen molar-refractivity contribution in [1.82, 2.24) is 0 Å². The van der Waals surface area contributed by atoms with E-state index in [1.807, 2.05) is 0 Å². The van der Waals surface area contributed by atoms with Crippen LogP contribution in [0.1, 0.15) is 15.9 Å². The first-order valence-corrected chi connectivity index (χ1v) is 15.1. The van der Waals surface area contributed by atoms with Crippen molar-refractivity contribution in [2.24, 2.45) is 0 Å². The Hall–Kier alpha value is -4.06. The molecule has 12 heteroatoms. The summed E-state index contributed by atoms with van der Waals surface area (Å²) in [5, 5.41) is 3.14. The van der Waals surface area contributed by atoms with Crippen LogP contribution >= 0.6 is 11.6 Å². The number of nitrogens with one attached hydrogen (secondary N) is 2. The van der Waals surface area contributed by atoms with Crippen LogP contribution in [0.25, 0.3) is 0 Å². The third-order valence-electron chi connectivity index (χ3n) is 6.15. The topological polar surface area (TPSA) is 122 Å². The van der Waals surface area contributed by atoms with Gasteiger partial charge in [-0.05, 0) is 97.4 Å². The van der Waals surface area contributed by atoms with E-state index in [1.165, 1.54) is 74.8 Å². The number of carbonyl (C=O) groups is 1. The van der Waals surface area contributed by atoms with Crippen molar-refractivity contribution in [3.8, 4) is 5.75 Å². The minimum atomic E-state index is -3.88. The fourth-order valence-electron chi connectivity index (χ4n) is 3.71. The van der Waals surface area contributed by atoms with Crippen LogP contribution in [0.3, 0.4) is 0 Å². The monoisotopic (exact) mass is 599 g/mol. The predicted molar refractivity (Wildman–Crippen MR) is 156 cm³/mol. The first-order valence-electron chi connectivity index (χ1n) is 11.8. The molecule has 0 aliphatic rings. The summed E-state index contributed by atoms with van der Waals surface area (Å²) in [4.78, 5) is 12.9. The second-order valence-corrected chi connectivity index (χ2v) is 12.8. The molecule has 0 radical (unpaired) electrons. The number of carbonyl (C=O) groups excluding carboxylic acids is 1. The molecule has 0 unspecified atom stereocenters. The molecule has 40 heavy (non-hydrogen) atoms. The molecule has 4 aromatic carbocycles. The maximum Gasteiger partial charge on any atom is 0.264 e. The van der Waals surface area contributed by atoms with Gasteiger partial charge in [-0.15, -0.1) is 0 Å². The molecular weight excluding hydrogens is 574 g/mol. The van der Waals surface area contributed by atoms with Crippen LogP contribution in [-0.4, -0.2) is 36.9 Å². The van der Waals surface area contributed by atoms with Gasteiger partial charge < -0.3 is 10.1 Å². The summed E-state index contributed by atoms with van der Waals surface area (Å²) in [6.07, 6.45) is 0. The van der Waals surface area contributed by atoms with Crippen LogP contribution < -0.4 is 19.1 Å². The summed E-state index contributed by atoms with van der Waals surface area (Å²) < 4.78 is 60.3. The first kappa shape index (κ1) is 28.9. The Kier molecular flexibility index (Phi) is 8.38. The molecule has 0 heterocycles. The second kappa shape index (κ2) is 11.6. The van der Waals surface area contributed by atoms with E-state index in [0.29, 0.717) is 33.4 Å². The Bertz CT molecular complexity index is 1740. The molecule has 0 saturated heterocycles. The Morgan fingerprint density at radius 3 is 2.02 bits per heavy atom. The van der Waals surface area contributed by atoms with Crippen LogP contribution in [0.2, 0.25) is 5.02 Å². The summed E-state index contributed by atoms with van der Waals surface area (Å²) in [5.74, 6) is 0.0908. The van der Waals surface area contributed by atoms with Crippen molar-refractivity contribution in [2.75, 3.05) is 28.5 Å². The number of hydrogen-bond acceptors (Lipinski definition) is 6. The van der Waals surface area contributed by atoms with Gasteiger partial charge >= 0.3 is 0 Å². The lowest BCUT2D eigenvalue weighted by Gasteiger charge is -2.20. The molecule has 2 N–H and O–H groups in total. The highest BCUT2D eigenvalue weighted by Gasteiger charge is 2.22. The van der Waals surface area contributed by atoms with Crippen molar-refractivity contribution in [1.29, 1.82) is 0 Å². The number of nitrogens with zero attached hydrogens (tertiary/aromatic N) is 1. The quantitative estimate of drug-likeness (QED) is 0.261. The van der Waals surface area contributed by atoms with E-state index in [4.69, 9.17) is 16.3 Å². The molecule has 208 valence electrons. The Balaban J connectivity index is 1.43. The highest BCUT2D eigenvalue weighted by Crippen LogP contribution is 2.27. The molecule has 9 nitrogen and oxygen atoms in total. The SMILES string of the molecule is COc1ccc(S(=O)(=O)N(C)c2ccc(C(=O)Nc3ccc(S(=O)(=O)Nc4cccc(Cl)c4C)cc3)cc2)cc1. The van der Waals surface area contributed by atoms with Crippen LogP contribution in [0.15, 0.2) is 101 Å². The Labute approximate surface area is 238 Å². The molecule has 0 fully saturated rings. The van der Waals surface area contributed by atoms with Gasteiger partial charge in [-0.1, -0.05) is 17.7 Å². The molecule has 0 atom stereocenters.